The second kappa shape index (κ2) is 6.14. The van der Waals surface area contributed by atoms with E-state index in [1.165, 1.54) is 0 Å². The van der Waals surface area contributed by atoms with Gasteiger partial charge < -0.3 is 9.64 Å². The number of benzene rings is 1. The maximum Gasteiger partial charge on any atom is 0.264 e. The van der Waals surface area contributed by atoms with Crippen LogP contribution in [0.15, 0.2) is 24.4 Å². The van der Waals surface area contributed by atoms with Crippen molar-refractivity contribution in [2.24, 2.45) is 7.05 Å². The highest BCUT2D eigenvalue weighted by Crippen LogP contribution is 2.50. The molecular weight excluding hydrogens is 357 g/mol. The molecular formula is C22H26FN3O2. The lowest BCUT2D eigenvalue weighted by molar-refractivity contribution is -0.135. The Hall–Kier alpha value is -2.21. The first-order valence-electron chi connectivity index (χ1n) is 10.2. The van der Waals surface area contributed by atoms with Crippen molar-refractivity contribution < 1.29 is 13.9 Å². The smallest absolute Gasteiger partial charge is 0.264 e. The summed E-state index contributed by atoms with van der Waals surface area (Å²) < 4.78 is 22.4. The predicted octanol–water partition coefficient (Wildman–Crippen LogP) is 3.68. The Balaban J connectivity index is 1.60. The molecule has 148 valence electrons. The summed E-state index contributed by atoms with van der Waals surface area (Å²) in [5.41, 5.74) is 3.39. The van der Waals surface area contributed by atoms with Crippen LogP contribution >= 0.6 is 0 Å². The number of hydrogen-bond donors (Lipinski definition) is 0. The molecule has 2 fully saturated rings. The third kappa shape index (κ3) is 2.54. The van der Waals surface area contributed by atoms with Crippen molar-refractivity contribution in [3.05, 3.63) is 35.7 Å². The number of aromatic nitrogens is 2. The summed E-state index contributed by atoms with van der Waals surface area (Å²) in [6.07, 6.45) is 5.23. The van der Waals surface area contributed by atoms with Gasteiger partial charge in [0, 0.05) is 49.7 Å². The number of rotatable bonds is 2. The Morgan fingerprint density at radius 3 is 2.57 bits per heavy atom. The number of halogens is 1. The zero-order valence-electron chi connectivity index (χ0n) is 16.5. The molecule has 3 aliphatic rings. The highest BCUT2D eigenvalue weighted by molar-refractivity contribution is 6.02. The van der Waals surface area contributed by atoms with Crippen LogP contribution < -0.4 is 4.90 Å². The van der Waals surface area contributed by atoms with Gasteiger partial charge in [-0.25, -0.2) is 4.39 Å². The largest absolute Gasteiger partial charge is 0.381 e. The third-order valence-electron chi connectivity index (χ3n) is 6.87. The average Bonchev–Trinajstić information content (AvgIpc) is 3.16. The molecule has 28 heavy (non-hydrogen) atoms. The van der Waals surface area contributed by atoms with Crippen LogP contribution in [0.3, 0.4) is 0 Å². The van der Waals surface area contributed by atoms with Gasteiger partial charge in [-0.3, -0.25) is 9.48 Å². The van der Waals surface area contributed by atoms with Crippen LogP contribution in [0.5, 0.6) is 0 Å². The molecule has 1 saturated heterocycles. The van der Waals surface area contributed by atoms with Crippen molar-refractivity contribution >= 4 is 11.6 Å². The molecule has 1 saturated carbocycles. The van der Waals surface area contributed by atoms with E-state index in [2.05, 4.69) is 11.2 Å². The molecule has 3 heterocycles. The van der Waals surface area contributed by atoms with Gasteiger partial charge in [0.15, 0.2) is 5.67 Å². The van der Waals surface area contributed by atoms with Crippen LogP contribution in [-0.2, 0) is 22.0 Å². The topological polar surface area (TPSA) is 47.4 Å². The number of fused-ring (bicyclic) bond motifs is 2. The second-order valence-corrected chi connectivity index (χ2v) is 8.64. The van der Waals surface area contributed by atoms with E-state index in [-0.39, 0.29) is 11.3 Å². The van der Waals surface area contributed by atoms with Crippen molar-refractivity contribution in [3.63, 3.8) is 0 Å². The Kier molecular flexibility index (Phi) is 3.92. The summed E-state index contributed by atoms with van der Waals surface area (Å²) in [6, 6.07) is 6.23. The van der Waals surface area contributed by atoms with Crippen molar-refractivity contribution in [3.8, 4) is 11.1 Å². The molecule has 1 amide bonds. The summed E-state index contributed by atoms with van der Waals surface area (Å²) in [5, 5.41) is 4.46. The number of alkyl halides is 1. The zero-order valence-corrected chi connectivity index (χ0v) is 16.5. The monoisotopic (exact) mass is 383 g/mol. The van der Waals surface area contributed by atoms with E-state index in [0.29, 0.717) is 32.6 Å². The molecule has 2 aliphatic heterocycles. The number of ether oxygens (including phenoxy) is 1. The minimum atomic E-state index is -1.67. The van der Waals surface area contributed by atoms with Gasteiger partial charge in [0.1, 0.15) is 0 Å². The molecule has 1 aromatic heterocycles. The van der Waals surface area contributed by atoms with Crippen molar-refractivity contribution in [1.29, 1.82) is 0 Å². The van der Waals surface area contributed by atoms with Crippen LogP contribution in [0.2, 0.25) is 0 Å². The van der Waals surface area contributed by atoms with Crippen LogP contribution in [0.4, 0.5) is 10.1 Å². The molecule has 0 unspecified atom stereocenters. The Labute approximate surface area is 164 Å². The minimum Gasteiger partial charge on any atom is -0.381 e. The van der Waals surface area contributed by atoms with Crippen LogP contribution in [0.1, 0.15) is 43.4 Å². The normalized spacial score (nSPS) is 22.2. The predicted molar refractivity (Wildman–Crippen MR) is 105 cm³/mol. The number of carbonyl (C=O) groups is 1. The summed E-state index contributed by atoms with van der Waals surface area (Å²) in [5.74, 6) is -0.353. The van der Waals surface area contributed by atoms with E-state index in [1.54, 1.807) is 4.90 Å². The molecule has 1 aromatic carbocycles. The van der Waals surface area contributed by atoms with E-state index in [0.717, 1.165) is 47.3 Å². The van der Waals surface area contributed by atoms with Crippen LogP contribution in [0.25, 0.3) is 11.1 Å². The molecule has 5 nitrogen and oxygen atoms in total. The highest BCUT2D eigenvalue weighted by atomic mass is 19.1. The first-order chi connectivity index (χ1) is 13.4. The zero-order chi connectivity index (χ0) is 19.5. The average molecular weight is 383 g/mol. The van der Waals surface area contributed by atoms with Gasteiger partial charge in [-0.1, -0.05) is 6.07 Å². The highest BCUT2D eigenvalue weighted by Gasteiger charge is 2.53. The minimum absolute atomic E-state index is 0.143. The van der Waals surface area contributed by atoms with Crippen LogP contribution in [0, 0.1) is 6.92 Å². The molecule has 0 bridgehead atoms. The Morgan fingerprint density at radius 1 is 1.21 bits per heavy atom. The number of nitrogens with zero attached hydrogens (tertiary/aromatic N) is 3. The third-order valence-corrected chi connectivity index (χ3v) is 6.87. The number of hydrogen-bond acceptors (Lipinski definition) is 3. The first kappa shape index (κ1) is 17.9. The second-order valence-electron chi connectivity index (χ2n) is 8.64. The SMILES string of the molecule is Cc1nn(C)cc1-c1ccc2c(c1)C1(CCOCC1)CN2C(=O)C1(F)CCC1. The summed E-state index contributed by atoms with van der Waals surface area (Å²) in [6.45, 7) is 3.93. The lowest BCUT2D eigenvalue weighted by Crippen LogP contribution is -2.51. The lowest BCUT2D eigenvalue weighted by Gasteiger charge is -2.37. The maximum absolute atomic E-state index is 15.0. The van der Waals surface area contributed by atoms with Crippen molar-refractivity contribution in [2.75, 3.05) is 24.7 Å². The molecule has 6 heteroatoms. The van der Waals surface area contributed by atoms with Gasteiger partial charge in [0.2, 0.25) is 0 Å². The summed E-state index contributed by atoms with van der Waals surface area (Å²) in [4.78, 5) is 14.8. The van der Waals surface area contributed by atoms with E-state index in [1.807, 2.05) is 37.0 Å². The molecule has 0 N–H and O–H groups in total. The maximum atomic E-state index is 15.0. The lowest BCUT2D eigenvalue weighted by atomic mass is 9.75. The summed E-state index contributed by atoms with van der Waals surface area (Å²) in [7, 11) is 1.92. The van der Waals surface area contributed by atoms with E-state index in [9.17, 15) is 9.18 Å². The molecule has 0 radical (unpaired) electrons. The standard InChI is InChI=1S/C22H26FN3O2/c1-15-17(13-25(2)24-15)16-4-5-19-18(12-16)21(8-10-28-11-9-21)14-26(19)20(27)22(23)6-3-7-22/h4-5,12-13H,3,6-11,14H2,1-2H3. The molecule has 0 atom stereocenters. The fourth-order valence-electron chi connectivity index (χ4n) is 5.03. The molecule has 2 aromatic rings. The van der Waals surface area contributed by atoms with Crippen LogP contribution in [-0.4, -0.2) is 41.1 Å². The number of aryl methyl sites for hydroxylation is 2. The van der Waals surface area contributed by atoms with Gasteiger partial charge in [-0.15, -0.1) is 0 Å². The van der Waals surface area contributed by atoms with Crippen molar-refractivity contribution in [2.45, 2.75) is 50.1 Å². The fraction of sp³-hybridized carbons (Fsp3) is 0.545. The number of amides is 1. The van der Waals surface area contributed by atoms with E-state index in [4.69, 9.17) is 4.74 Å². The quantitative estimate of drug-likeness (QED) is 0.795. The Bertz CT molecular complexity index is 941. The van der Waals surface area contributed by atoms with Gasteiger partial charge in [-0.2, -0.15) is 5.10 Å². The van der Waals surface area contributed by atoms with E-state index >= 15 is 0 Å². The first-order valence-corrected chi connectivity index (χ1v) is 10.2. The molecule has 1 spiro atoms. The summed E-state index contributed by atoms with van der Waals surface area (Å²) >= 11 is 0. The molecule has 1 aliphatic carbocycles. The number of anilines is 1. The van der Waals surface area contributed by atoms with Gasteiger partial charge >= 0.3 is 0 Å². The van der Waals surface area contributed by atoms with Gasteiger partial charge in [-0.05, 0) is 62.3 Å². The van der Waals surface area contributed by atoms with Crippen molar-refractivity contribution in [1.82, 2.24) is 9.78 Å². The van der Waals surface area contributed by atoms with Gasteiger partial charge in [0.25, 0.3) is 5.91 Å². The number of carbonyl (C=O) groups excluding carboxylic acids is 1. The van der Waals surface area contributed by atoms with Gasteiger partial charge in [0.05, 0.1) is 5.69 Å². The molecule has 5 rings (SSSR count). The Morgan fingerprint density at radius 2 is 1.96 bits per heavy atom. The van der Waals surface area contributed by atoms with E-state index < -0.39 is 5.67 Å². The fourth-order valence-corrected chi connectivity index (χ4v) is 5.03.